The molecule has 2 aromatic carbocycles. The van der Waals surface area contributed by atoms with Crippen molar-refractivity contribution in [1.29, 1.82) is 0 Å². The van der Waals surface area contributed by atoms with Gasteiger partial charge in [0.05, 0.1) is 18.3 Å². The van der Waals surface area contributed by atoms with Crippen molar-refractivity contribution >= 4 is 12.0 Å². The van der Waals surface area contributed by atoms with Gasteiger partial charge in [0.2, 0.25) is 5.91 Å². The molecule has 1 aliphatic heterocycles. The van der Waals surface area contributed by atoms with Crippen LogP contribution in [-0.4, -0.2) is 52.2 Å². The van der Waals surface area contributed by atoms with Gasteiger partial charge in [0.25, 0.3) is 0 Å². The van der Waals surface area contributed by atoms with Gasteiger partial charge in [-0.1, -0.05) is 60.2 Å². The molecule has 0 saturated carbocycles. The summed E-state index contributed by atoms with van der Waals surface area (Å²) in [4.78, 5) is 17.5. The molecule has 4 rings (SSSR count). The van der Waals surface area contributed by atoms with Crippen molar-refractivity contribution in [2.24, 2.45) is 0 Å². The van der Waals surface area contributed by atoms with Gasteiger partial charge in [0.15, 0.2) is 0 Å². The summed E-state index contributed by atoms with van der Waals surface area (Å²) in [5.41, 5.74) is 6.69. The molecular weight excluding hydrogens is 396 g/mol. The summed E-state index contributed by atoms with van der Waals surface area (Å²) in [6, 6.07) is 18.9. The van der Waals surface area contributed by atoms with Crippen molar-refractivity contribution in [2.45, 2.75) is 33.4 Å². The number of rotatable bonds is 5. The van der Waals surface area contributed by atoms with Crippen LogP contribution in [0.1, 0.15) is 39.7 Å². The molecule has 0 N–H and O–H groups in total. The molecule has 1 saturated heterocycles. The maximum Gasteiger partial charge on any atom is 0.247 e. The molecule has 3 aromatic rings. The SMILES string of the molecule is Cc1ccc(Cn2nc(C)c(C=CC(=O)N3CCN(C)CC3c3ccccc3)c2C)cc1. The lowest BCUT2D eigenvalue weighted by atomic mass is 10.0. The van der Waals surface area contributed by atoms with E-state index in [1.54, 1.807) is 6.08 Å². The Morgan fingerprint density at radius 1 is 1.03 bits per heavy atom. The van der Waals surface area contributed by atoms with Gasteiger partial charge in [0, 0.05) is 37.0 Å². The topological polar surface area (TPSA) is 41.4 Å². The van der Waals surface area contributed by atoms with Crippen LogP contribution in [0.25, 0.3) is 6.08 Å². The van der Waals surface area contributed by atoms with Crippen LogP contribution in [0.3, 0.4) is 0 Å². The van der Waals surface area contributed by atoms with E-state index in [-0.39, 0.29) is 11.9 Å². The first-order valence-electron chi connectivity index (χ1n) is 11.2. The predicted octanol–water partition coefficient (Wildman–Crippen LogP) is 4.39. The number of carbonyl (C=O) groups is 1. The lowest BCUT2D eigenvalue weighted by molar-refractivity contribution is -0.130. The Morgan fingerprint density at radius 2 is 1.75 bits per heavy atom. The number of carbonyl (C=O) groups excluding carboxylic acids is 1. The zero-order valence-corrected chi connectivity index (χ0v) is 19.5. The molecule has 0 aliphatic carbocycles. The van der Waals surface area contributed by atoms with Crippen LogP contribution < -0.4 is 0 Å². The molecular formula is C27H32N4O. The molecule has 1 unspecified atom stereocenters. The van der Waals surface area contributed by atoms with E-state index in [1.807, 2.05) is 40.8 Å². The summed E-state index contributed by atoms with van der Waals surface area (Å²) in [6.45, 7) is 9.35. The summed E-state index contributed by atoms with van der Waals surface area (Å²) in [5.74, 6) is 0.0528. The monoisotopic (exact) mass is 428 g/mol. The largest absolute Gasteiger partial charge is 0.330 e. The first kappa shape index (κ1) is 22.0. The highest BCUT2D eigenvalue weighted by Gasteiger charge is 2.29. The molecule has 32 heavy (non-hydrogen) atoms. The van der Waals surface area contributed by atoms with Crippen LogP contribution >= 0.6 is 0 Å². The molecule has 1 aliphatic rings. The predicted molar refractivity (Wildman–Crippen MR) is 129 cm³/mol. The van der Waals surface area contributed by atoms with E-state index >= 15 is 0 Å². The summed E-state index contributed by atoms with van der Waals surface area (Å²) in [5, 5.41) is 4.72. The van der Waals surface area contributed by atoms with Crippen LogP contribution in [0.4, 0.5) is 0 Å². The Kier molecular flexibility index (Phi) is 6.56. The standard InChI is InChI=1S/C27H32N4O/c1-20-10-12-23(13-11-20)18-31-22(3)25(21(2)28-31)14-15-27(32)30-17-16-29(4)19-26(30)24-8-6-5-7-9-24/h5-15,26H,16-19H2,1-4H3. The van der Waals surface area contributed by atoms with Crippen molar-refractivity contribution in [3.63, 3.8) is 0 Å². The minimum absolute atomic E-state index is 0.0528. The third-order valence-corrected chi connectivity index (χ3v) is 6.33. The Morgan fingerprint density at radius 3 is 2.47 bits per heavy atom. The van der Waals surface area contributed by atoms with Crippen LogP contribution in [0.15, 0.2) is 60.7 Å². The summed E-state index contributed by atoms with van der Waals surface area (Å²) < 4.78 is 2.02. The third kappa shape index (κ3) is 4.83. The fraction of sp³-hybridized carbons (Fsp3) is 0.333. The Balaban J connectivity index is 1.52. The maximum absolute atomic E-state index is 13.2. The molecule has 1 fully saturated rings. The van der Waals surface area contributed by atoms with Gasteiger partial charge >= 0.3 is 0 Å². The van der Waals surface area contributed by atoms with Crippen molar-refractivity contribution in [3.8, 4) is 0 Å². The Bertz CT molecular complexity index is 1100. The van der Waals surface area contributed by atoms with Gasteiger partial charge in [-0.05, 0) is 45.0 Å². The number of amides is 1. The molecule has 0 radical (unpaired) electrons. The molecule has 1 amide bonds. The van der Waals surface area contributed by atoms with E-state index in [1.165, 1.54) is 16.7 Å². The second kappa shape index (κ2) is 9.53. The number of hydrogen-bond acceptors (Lipinski definition) is 3. The number of likely N-dealkylation sites (N-methyl/N-ethyl adjacent to an activating group) is 1. The van der Waals surface area contributed by atoms with Crippen LogP contribution in [0.2, 0.25) is 0 Å². The molecule has 1 aromatic heterocycles. The molecule has 5 nitrogen and oxygen atoms in total. The van der Waals surface area contributed by atoms with Crippen molar-refractivity contribution in [3.05, 3.63) is 94.3 Å². The average molecular weight is 429 g/mol. The van der Waals surface area contributed by atoms with Crippen molar-refractivity contribution in [2.75, 3.05) is 26.7 Å². The number of nitrogens with zero attached hydrogens (tertiary/aromatic N) is 4. The van der Waals surface area contributed by atoms with E-state index in [4.69, 9.17) is 5.10 Å². The smallest absolute Gasteiger partial charge is 0.247 e. The number of piperazine rings is 1. The van der Waals surface area contributed by atoms with Crippen LogP contribution in [-0.2, 0) is 11.3 Å². The number of benzene rings is 2. The number of aryl methyl sites for hydroxylation is 2. The molecule has 1 atom stereocenters. The van der Waals surface area contributed by atoms with E-state index in [9.17, 15) is 4.79 Å². The minimum atomic E-state index is 0.0528. The van der Waals surface area contributed by atoms with Gasteiger partial charge in [-0.3, -0.25) is 9.48 Å². The zero-order valence-electron chi connectivity index (χ0n) is 19.5. The fourth-order valence-electron chi connectivity index (χ4n) is 4.37. The van der Waals surface area contributed by atoms with Gasteiger partial charge in [0.1, 0.15) is 0 Å². The van der Waals surface area contributed by atoms with E-state index in [0.29, 0.717) is 0 Å². The van der Waals surface area contributed by atoms with Crippen molar-refractivity contribution in [1.82, 2.24) is 19.6 Å². The second-order valence-electron chi connectivity index (χ2n) is 8.78. The highest BCUT2D eigenvalue weighted by Crippen LogP contribution is 2.25. The summed E-state index contributed by atoms with van der Waals surface area (Å²) >= 11 is 0. The van der Waals surface area contributed by atoms with E-state index < -0.39 is 0 Å². The molecule has 0 spiro atoms. The minimum Gasteiger partial charge on any atom is -0.330 e. The van der Waals surface area contributed by atoms with E-state index in [2.05, 4.69) is 62.2 Å². The average Bonchev–Trinajstić information content (AvgIpc) is 3.06. The fourth-order valence-corrected chi connectivity index (χ4v) is 4.37. The Hall–Kier alpha value is -3.18. The van der Waals surface area contributed by atoms with Crippen molar-refractivity contribution < 1.29 is 4.79 Å². The first-order chi connectivity index (χ1) is 15.4. The Labute approximate surface area is 191 Å². The second-order valence-corrected chi connectivity index (χ2v) is 8.78. The molecule has 5 heteroatoms. The number of hydrogen-bond donors (Lipinski definition) is 0. The highest BCUT2D eigenvalue weighted by molar-refractivity contribution is 5.92. The van der Waals surface area contributed by atoms with Gasteiger partial charge in [-0.25, -0.2) is 0 Å². The molecule has 2 heterocycles. The zero-order chi connectivity index (χ0) is 22.7. The van der Waals surface area contributed by atoms with Gasteiger partial charge in [-0.2, -0.15) is 5.10 Å². The number of aromatic nitrogens is 2. The lowest BCUT2D eigenvalue weighted by Crippen LogP contribution is -2.48. The lowest BCUT2D eigenvalue weighted by Gasteiger charge is -2.40. The normalized spacial score (nSPS) is 17.2. The van der Waals surface area contributed by atoms with Gasteiger partial charge in [-0.15, -0.1) is 0 Å². The summed E-state index contributed by atoms with van der Waals surface area (Å²) in [7, 11) is 2.11. The van der Waals surface area contributed by atoms with Crippen LogP contribution in [0.5, 0.6) is 0 Å². The van der Waals surface area contributed by atoms with E-state index in [0.717, 1.165) is 43.1 Å². The van der Waals surface area contributed by atoms with Crippen LogP contribution in [0, 0.1) is 20.8 Å². The molecule has 166 valence electrons. The highest BCUT2D eigenvalue weighted by atomic mass is 16.2. The van der Waals surface area contributed by atoms with Gasteiger partial charge < -0.3 is 9.80 Å². The third-order valence-electron chi connectivity index (χ3n) is 6.33. The summed E-state index contributed by atoms with van der Waals surface area (Å²) in [6.07, 6.45) is 3.65. The molecule has 0 bridgehead atoms. The first-order valence-corrected chi connectivity index (χ1v) is 11.2. The maximum atomic E-state index is 13.2. The quantitative estimate of drug-likeness (QED) is 0.566.